The highest BCUT2D eigenvalue weighted by Gasteiger charge is 2.11. The number of hydrogen-bond acceptors (Lipinski definition) is 2. The number of amides is 1. The van der Waals surface area contributed by atoms with Crippen molar-refractivity contribution >= 4 is 17.3 Å². The molecule has 2 rings (SSSR count). The summed E-state index contributed by atoms with van der Waals surface area (Å²) >= 11 is 0. The molecule has 0 radical (unpaired) electrons. The molecule has 0 saturated heterocycles. The van der Waals surface area contributed by atoms with Crippen molar-refractivity contribution in [2.45, 2.75) is 6.42 Å². The topological polar surface area (TPSA) is 55.1 Å². The normalized spacial score (nSPS) is 10.2. The fourth-order valence-corrected chi connectivity index (χ4v) is 1.68. The van der Waals surface area contributed by atoms with Gasteiger partial charge < -0.3 is 11.1 Å². The first kappa shape index (κ1) is 13.0. The number of hydrogen-bond donors (Lipinski definition) is 2. The predicted octanol–water partition coefficient (Wildman–Crippen LogP) is 2.73. The van der Waals surface area contributed by atoms with Crippen LogP contribution < -0.4 is 11.1 Å². The molecule has 19 heavy (non-hydrogen) atoms. The molecular weight excluding hydrogens is 250 g/mol. The van der Waals surface area contributed by atoms with E-state index in [-0.39, 0.29) is 12.1 Å². The quantitative estimate of drug-likeness (QED) is 0.836. The summed E-state index contributed by atoms with van der Waals surface area (Å²) in [5, 5.41) is 2.32. The fraction of sp³-hybridized carbons (Fsp3) is 0.0714. The Balaban J connectivity index is 2.08. The number of nitrogen functional groups attached to an aromatic ring is 1. The predicted molar refractivity (Wildman–Crippen MR) is 69.5 cm³/mol. The molecule has 2 aromatic carbocycles. The minimum atomic E-state index is -1.07. The van der Waals surface area contributed by atoms with E-state index < -0.39 is 17.5 Å². The maximum atomic E-state index is 13.4. The van der Waals surface area contributed by atoms with Gasteiger partial charge in [-0.25, -0.2) is 8.78 Å². The minimum Gasteiger partial charge on any atom is -0.399 e. The van der Waals surface area contributed by atoms with Crippen LogP contribution in [0, 0.1) is 11.6 Å². The zero-order chi connectivity index (χ0) is 13.8. The molecule has 1 amide bonds. The average Bonchev–Trinajstić information content (AvgIpc) is 2.35. The van der Waals surface area contributed by atoms with Gasteiger partial charge in [-0.1, -0.05) is 18.2 Å². The van der Waals surface area contributed by atoms with Crippen LogP contribution in [-0.4, -0.2) is 5.91 Å². The highest BCUT2D eigenvalue weighted by molar-refractivity contribution is 5.92. The minimum absolute atomic E-state index is 0.0427. The van der Waals surface area contributed by atoms with Crippen LogP contribution in [0.4, 0.5) is 20.2 Å². The van der Waals surface area contributed by atoms with Gasteiger partial charge >= 0.3 is 0 Å². The second-order valence-electron chi connectivity index (χ2n) is 4.07. The molecule has 0 saturated carbocycles. The van der Waals surface area contributed by atoms with E-state index in [0.717, 1.165) is 6.07 Å². The Morgan fingerprint density at radius 2 is 1.89 bits per heavy atom. The zero-order valence-electron chi connectivity index (χ0n) is 9.99. The third kappa shape index (κ3) is 3.28. The molecule has 5 heteroatoms. The van der Waals surface area contributed by atoms with Crippen LogP contribution in [0.15, 0.2) is 42.5 Å². The largest absolute Gasteiger partial charge is 0.399 e. The van der Waals surface area contributed by atoms with Crippen LogP contribution in [0.3, 0.4) is 0 Å². The third-order valence-corrected chi connectivity index (χ3v) is 2.54. The van der Waals surface area contributed by atoms with Crippen LogP contribution in [0.25, 0.3) is 0 Å². The lowest BCUT2D eigenvalue weighted by Crippen LogP contribution is -2.15. The summed E-state index contributed by atoms with van der Waals surface area (Å²) in [7, 11) is 0. The smallest absolute Gasteiger partial charge is 0.228 e. The van der Waals surface area contributed by atoms with Gasteiger partial charge in [0.15, 0.2) is 11.6 Å². The molecule has 3 nitrogen and oxygen atoms in total. The number of benzene rings is 2. The summed E-state index contributed by atoms with van der Waals surface area (Å²) in [6.45, 7) is 0. The van der Waals surface area contributed by atoms with E-state index in [4.69, 9.17) is 5.73 Å². The molecule has 0 aromatic heterocycles. The maximum Gasteiger partial charge on any atom is 0.228 e. The zero-order valence-corrected chi connectivity index (χ0v) is 9.99. The Morgan fingerprint density at radius 1 is 1.16 bits per heavy atom. The number of halogens is 2. The van der Waals surface area contributed by atoms with E-state index >= 15 is 0 Å². The maximum absolute atomic E-state index is 13.4. The van der Waals surface area contributed by atoms with Gasteiger partial charge in [-0.2, -0.15) is 0 Å². The van der Waals surface area contributed by atoms with Gasteiger partial charge in [-0.05, 0) is 29.8 Å². The number of carbonyl (C=O) groups is 1. The lowest BCUT2D eigenvalue weighted by Gasteiger charge is -2.07. The molecule has 0 aliphatic rings. The summed E-state index contributed by atoms with van der Waals surface area (Å²) in [6.07, 6.45) is 0.0427. The summed E-state index contributed by atoms with van der Waals surface area (Å²) in [5.41, 5.74) is 6.66. The summed E-state index contributed by atoms with van der Waals surface area (Å²) in [6, 6.07) is 10.4. The van der Waals surface area contributed by atoms with E-state index in [1.807, 2.05) is 0 Å². The lowest BCUT2D eigenvalue weighted by molar-refractivity contribution is -0.115. The van der Waals surface area contributed by atoms with Gasteiger partial charge in [-0.3, -0.25) is 4.79 Å². The standard InChI is InChI=1S/C14H12F2N2O/c15-11-5-2-6-12(14(11)16)18-13(19)8-9-3-1-4-10(17)7-9/h1-7H,8,17H2,(H,18,19). The second kappa shape index (κ2) is 5.48. The average molecular weight is 262 g/mol. The van der Waals surface area contributed by atoms with Crippen molar-refractivity contribution in [2.24, 2.45) is 0 Å². The van der Waals surface area contributed by atoms with E-state index in [1.165, 1.54) is 12.1 Å². The molecule has 0 fully saturated rings. The van der Waals surface area contributed by atoms with E-state index in [9.17, 15) is 13.6 Å². The third-order valence-electron chi connectivity index (χ3n) is 2.54. The number of anilines is 2. The highest BCUT2D eigenvalue weighted by Crippen LogP contribution is 2.17. The van der Waals surface area contributed by atoms with Crippen molar-refractivity contribution in [3.05, 3.63) is 59.7 Å². The molecule has 3 N–H and O–H groups in total. The van der Waals surface area contributed by atoms with Gasteiger partial charge in [0, 0.05) is 5.69 Å². The van der Waals surface area contributed by atoms with Crippen molar-refractivity contribution in [3.63, 3.8) is 0 Å². The first-order chi connectivity index (χ1) is 9.06. The van der Waals surface area contributed by atoms with Crippen LogP contribution in [0.2, 0.25) is 0 Å². The van der Waals surface area contributed by atoms with Crippen LogP contribution in [0.1, 0.15) is 5.56 Å². The van der Waals surface area contributed by atoms with Crippen LogP contribution in [-0.2, 0) is 11.2 Å². The van der Waals surface area contributed by atoms with Gasteiger partial charge in [0.25, 0.3) is 0 Å². The Kier molecular flexibility index (Phi) is 3.75. The molecule has 0 bridgehead atoms. The Hall–Kier alpha value is -2.43. The molecule has 0 aliphatic heterocycles. The molecule has 98 valence electrons. The first-order valence-corrected chi connectivity index (χ1v) is 5.64. The van der Waals surface area contributed by atoms with Gasteiger partial charge in [0.1, 0.15) is 0 Å². The van der Waals surface area contributed by atoms with Gasteiger partial charge in [0.05, 0.1) is 12.1 Å². The van der Waals surface area contributed by atoms with E-state index in [0.29, 0.717) is 11.3 Å². The number of rotatable bonds is 3. The Labute approximate surface area is 109 Å². The Morgan fingerprint density at radius 3 is 2.63 bits per heavy atom. The summed E-state index contributed by atoms with van der Waals surface area (Å²) < 4.78 is 26.3. The molecule has 0 aliphatic carbocycles. The summed E-state index contributed by atoms with van der Waals surface area (Å²) in [5.74, 6) is -2.50. The van der Waals surface area contributed by atoms with Crippen molar-refractivity contribution < 1.29 is 13.6 Å². The Bertz CT molecular complexity index is 614. The van der Waals surface area contributed by atoms with Crippen LogP contribution in [0.5, 0.6) is 0 Å². The second-order valence-corrected chi connectivity index (χ2v) is 4.07. The van der Waals surface area contributed by atoms with Gasteiger partial charge in [-0.15, -0.1) is 0 Å². The molecule has 0 unspecified atom stereocenters. The SMILES string of the molecule is Nc1cccc(CC(=O)Nc2cccc(F)c2F)c1. The lowest BCUT2D eigenvalue weighted by atomic mass is 10.1. The van der Waals surface area contributed by atoms with Crippen molar-refractivity contribution in [1.29, 1.82) is 0 Å². The van der Waals surface area contributed by atoms with Crippen molar-refractivity contribution in [3.8, 4) is 0 Å². The van der Waals surface area contributed by atoms with Crippen LogP contribution >= 0.6 is 0 Å². The van der Waals surface area contributed by atoms with Gasteiger partial charge in [0.2, 0.25) is 5.91 Å². The molecular formula is C14H12F2N2O. The molecule has 0 spiro atoms. The van der Waals surface area contributed by atoms with Crippen molar-refractivity contribution in [2.75, 3.05) is 11.1 Å². The van der Waals surface area contributed by atoms with E-state index in [1.54, 1.807) is 24.3 Å². The number of nitrogens with two attached hydrogens (primary N) is 1. The number of nitrogens with one attached hydrogen (secondary N) is 1. The molecule has 2 aromatic rings. The molecule has 0 atom stereocenters. The highest BCUT2D eigenvalue weighted by atomic mass is 19.2. The number of carbonyl (C=O) groups excluding carboxylic acids is 1. The molecule has 0 heterocycles. The fourth-order valence-electron chi connectivity index (χ4n) is 1.68. The summed E-state index contributed by atoms with van der Waals surface area (Å²) in [4.78, 5) is 11.7. The van der Waals surface area contributed by atoms with Crippen molar-refractivity contribution in [1.82, 2.24) is 0 Å². The van der Waals surface area contributed by atoms with E-state index in [2.05, 4.69) is 5.32 Å². The monoisotopic (exact) mass is 262 g/mol. The first-order valence-electron chi connectivity index (χ1n) is 5.64.